The Labute approximate surface area is 113 Å². The fourth-order valence-electron chi connectivity index (χ4n) is 1.66. The maximum atomic E-state index is 8.95. The van der Waals surface area contributed by atoms with Gasteiger partial charge in [-0.05, 0) is 51.1 Å². The quantitative estimate of drug-likeness (QED) is 0.687. The highest BCUT2D eigenvalue weighted by Crippen LogP contribution is 2.10. The van der Waals surface area contributed by atoms with Gasteiger partial charge in [0, 0.05) is 6.54 Å². The molecule has 0 aromatic carbocycles. The summed E-state index contributed by atoms with van der Waals surface area (Å²) >= 11 is 0. The molecule has 0 saturated carbocycles. The number of nitriles is 1. The highest BCUT2D eigenvalue weighted by molar-refractivity contribution is 5.01. The summed E-state index contributed by atoms with van der Waals surface area (Å²) in [5, 5.41) is 8.95. The second kappa shape index (κ2) is 8.50. The van der Waals surface area contributed by atoms with Gasteiger partial charge in [0.25, 0.3) is 0 Å². The Morgan fingerprint density at radius 2 is 1.50 bits per heavy atom. The molecule has 2 N–H and O–H groups in total. The topological polar surface area (TPSA) is 53.0 Å². The van der Waals surface area contributed by atoms with Crippen molar-refractivity contribution in [2.75, 3.05) is 19.6 Å². The van der Waals surface area contributed by atoms with Crippen molar-refractivity contribution >= 4 is 0 Å². The molecule has 3 heteroatoms. The highest BCUT2D eigenvalue weighted by Gasteiger charge is 2.18. The first-order valence-corrected chi connectivity index (χ1v) is 7.19. The van der Waals surface area contributed by atoms with Gasteiger partial charge in [-0.2, -0.15) is 5.26 Å². The lowest BCUT2D eigenvalue weighted by Crippen LogP contribution is -2.39. The zero-order valence-corrected chi connectivity index (χ0v) is 12.9. The third-order valence-corrected chi connectivity index (χ3v) is 3.25. The Kier molecular flexibility index (Phi) is 8.22. The maximum absolute atomic E-state index is 8.95. The molecule has 0 bridgehead atoms. The summed E-state index contributed by atoms with van der Waals surface area (Å²) in [5.74, 6) is 1.46. The lowest BCUT2D eigenvalue weighted by Gasteiger charge is -2.26. The van der Waals surface area contributed by atoms with Gasteiger partial charge in [0.1, 0.15) is 5.54 Å². The SMILES string of the molecule is CC(C)CCN(CCC(C)C)CCC(C)(N)C#N. The molecular formula is C15H31N3. The number of hydrogen-bond donors (Lipinski definition) is 1. The van der Waals surface area contributed by atoms with Crippen molar-refractivity contribution in [1.29, 1.82) is 5.26 Å². The second-order valence-corrected chi connectivity index (χ2v) is 6.49. The van der Waals surface area contributed by atoms with Crippen LogP contribution in [0.25, 0.3) is 0 Å². The molecule has 18 heavy (non-hydrogen) atoms. The fraction of sp³-hybridized carbons (Fsp3) is 0.933. The van der Waals surface area contributed by atoms with E-state index in [0.29, 0.717) is 0 Å². The first-order valence-electron chi connectivity index (χ1n) is 7.19. The molecule has 0 spiro atoms. The van der Waals surface area contributed by atoms with Crippen LogP contribution in [0, 0.1) is 23.2 Å². The van der Waals surface area contributed by atoms with Crippen LogP contribution in [-0.4, -0.2) is 30.1 Å². The lowest BCUT2D eigenvalue weighted by atomic mass is 10.0. The van der Waals surface area contributed by atoms with Crippen molar-refractivity contribution in [3.8, 4) is 6.07 Å². The molecule has 0 aliphatic carbocycles. The van der Waals surface area contributed by atoms with Crippen LogP contribution < -0.4 is 5.73 Å². The minimum absolute atomic E-state index is 0.687. The molecule has 0 amide bonds. The third kappa shape index (κ3) is 9.44. The number of nitrogens with zero attached hydrogens (tertiary/aromatic N) is 2. The first-order chi connectivity index (χ1) is 8.26. The Morgan fingerprint density at radius 1 is 1.06 bits per heavy atom. The summed E-state index contributed by atoms with van der Waals surface area (Å²) < 4.78 is 0. The van der Waals surface area contributed by atoms with E-state index in [1.807, 2.05) is 6.92 Å². The van der Waals surface area contributed by atoms with E-state index in [4.69, 9.17) is 11.0 Å². The van der Waals surface area contributed by atoms with Crippen LogP contribution >= 0.6 is 0 Å². The molecule has 106 valence electrons. The summed E-state index contributed by atoms with van der Waals surface area (Å²) in [6.07, 6.45) is 3.18. The largest absolute Gasteiger partial charge is 0.314 e. The summed E-state index contributed by atoms with van der Waals surface area (Å²) in [6, 6.07) is 2.18. The summed E-state index contributed by atoms with van der Waals surface area (Å²) in [6.45, 7) is 14.0. The molecule has 0 aromatic rings. The monoisotopic (exact) mass is 253 g/mol. The second-order valence-electron chi connectivity index (χ2n) is 6.49. The van der Waals surface area contributed by atoms with Crippen LogP contribution in [-0.2, 0) is 0 Å². The van der Waals surface area contributed by atoms with Gasteiger partial charge in [0.2, 0.25) is 0 Å². The van der Waals surface area contributed by atoms with Crippen LogP contribution in [0.4, 0.5) is 0 Å². The van der Waals surface area contributed by atoms with Gasteiger partial charge in [-0.1, -0.05) is 27.7 Å². The molecule has 0 saturated heterocycles. The molecule has 0 aliphatic rings. The van der Waals surface area contributed by atoms with Gasteiger partial charge in [-0.15, -0.1) is 0 Å². The molecule has 0 rings (SSSR count). The van der Waals surface area contributed by atoms with E-state index in [1.54, 1.807) is 0 Å². The highest BCUT2D eigenvalue weighted by atomic mass is 15.1. The standard InChI is InChI=1S/C15H31N3/c1-13(2)6-9-18(10-7-14(3)4)11-8-15(5,17)12-16/h13-14H,6-11,17H2,1-5H3. The zero-order chi connectivity index (χ0) is 14.2. The molecule has 0 fully saturated rings. The van der Waals surface area contributed by atoms with Crippen LogP contribution in [0.5, 0.6) is 0 Å². The Hall–Kier alpha value is -0.590. The minimum atomic E-state index is -0.687. The minimum Gasteiger partial charge on any atom is -0.314 e. The van der Waals surface area contributed by atoms with Gasteiger partial charge in [0.05, 0.1) is 6.07 Å². The number of hydrogen-bond acceptors (Lipinski definition) is 3. The molecule has 0 aromatic heterocycles. The van der Waals surface area contributed by atoms with Crippen LogP contribution in [0.15, 0.2) is 0 Å². The first kappa shape index (κ1) is 17.4. The van der Waals surface area contributed by atoms with E-state index >= 15 is 0 Å². The summed E-state index contributed by atoms with van der Waals surface area (Å²) in [4.78, 5) is 2.46. The normalized spacial score (nSPS) is 15.1. The fourth-order valence-corrected chi connectivity index (χ4v) is 1.66. The Morgan fingerprint density at radius 3 is 1.83 bits per heavy atom. The van der Waals surface area contributed by atoms with E-state index in [0.717, 1.165) is 37.9 Å². The molecule has 3 nitrogen and oxygen atoms in total. The maximum Gasteiger partial charge on any atom is 0.102 e. The molecule has 1 atom stereocenters. The number of nitrogens with two attached hydrogens (primary N) is 1. The Bertz CT molecular complexity index is 239. The predicted octanol–water partition coefficient (Wildman–Crippen LogP) is 3.01. The van der Waals surface area contributed by atoms with Crippen LogP contribution in [0.2, 0.25) is 0 Å². The zero-order valence-electron chi connectivity index (χ0n) is 12.9. The van der Waals surface area contributed by atoms with Crippen molar-refractivity contribution in [1.82, 2.24) is 4.90 Å². The predicted molar refractivity (Wildman–Crippen MR) is 78.2 cm³/mol. The van der Waals surface area contributed by atoms with E-state index in [9.17, 15) is 0 Å². The van der Waals surface area contributed by atoms with E-state index < -0.39 is 5.54 Å². The molecule has 0 radical (unpaired) electrons. The third-order valence-electron chi connectivity index (χ3n) is 3.25. The van der Waals surface area contributed by atoms with Gasteiger partial charge in [0.15, 0.2) is 0 Å². The summed E-state index contributed by atoms with van der Waals surface area (Å²) in [7, 11) is 0. The van der Waals surface area contributed by atoms with E-state index in [2.05, 4.69) is 38.7 Å². The van der Waals surface area contributed by atoms with Crippen molar-refractivity contribution < 1.29 is 0 Å². The molecule has 0 heterocycles. The van der Waals surface area contributed by atoms with Crippen molar-refractivity contribution in [3.05, 3.63) is 0 Å². The lowest BCUT2D eigenvalue weighted by molar-refractivity contribution is 0.230. The molecular weight excluding hydrogens is 222 g/mol. The number of rotatable bonds is 9. The van der Waals surface area contributed by atoms with Crippen LogP contribution in [0.3, 0.4) is 0 Å². The van der Waals surface area contributed by atoms with Gasteiger partial charge in [-0.3, -0.25) is 0 Å². The van der Waals surface area contributed by atoms with E-state index in [1.165, 1.54) is 12.8 Å². The van der Waals surface area contributed by atoms with Crippen molar-refractivity contribution in [3.63, 3.8) is 0 Å². The average Bonchev–Trinajstić information content (AvgIpc) is 2.27. The molecule has 1 unspecified atom stereocenters. The van der Waals surface area contributed by atoms with Crippen molar-refractivity contribution in [2.24, 2.45) is 17.6 Å². The Balaban J connectivity index is 4.16. The van der Waals surface area contributed by atoms with E-state index in [-0.39, 0.29) is 0 Å². The smallest absolute Gasteiger partial charge is 0.102 e. The summed E-state index contributed by atoms with van der Waals surface area (Å²) in [5.41, 5.74) is 5.20. The van der Waals surface area contributed by atoms with Gasteiger partial charge in [-0.25, -0.2) is 0 Å². The van der Waals surface area contributed by atoms with Crippen LogP contribution in [0.1, 0.15) is 53.9 Å². The van der Waals surface area contributed by atoms with Gasteiger partial charge >= 0.3 is 0 Å². The molecule has 0 aliphatic heterocycles. The average molecular weight is 253 g/mol. The van der Waals surface area contributed by atoms with Gasteiger partial charge < -0.3 is 10.6 Å². The van der Waals surface area contributed by atoms with Crippen molar-refractivity contribution in [2.45, 2.75) is 59.4 Å².